The highest BCUT2D eigenvalue weighted by molar-refractivity contribution is 7.13. The fourth-order valence-corrected chi connectivity index (χ4v) is 2.07. The molecule has 0 aliphatic heterocycles. The number of ether oxygens (including phenoxy) is 1. The van der Waals surface area contributed by atoms with Crippen molar-refractivity contribution in [3.8, 4) is 0 Å². The van der Waals surface area contributed by atoms with Gasteiger partial charge in [-0.15, -0.1) is 11.3 Å². The van der Waals surface area contributed by atoms with Crippen LogP contribution in [0.5, 0.6) is 0 Å². The van der Waals surface area contributed by atoms with Crippen LogP contribution in [0, 0.1) is 0 Å². The molecule has 6 heteroatoms. The number of rotatable bonds is 5. The van der Waals surface area contributed by atoms with E-state index in [-0.39, 0.29) is 12.4 Å². The summed E-state index contributed by atoms with van der Waals surface area (Å²) in [5.41, 5.74) is 0.705. The summed E-state index contributed by atoms with van der Waals surface area (Å²) < 4.78 is 4.87. The van der Waals surface area contributed by atoms with E-state index in [1.165, 1.54) is 11.3 Å². The lowest BCUT2D eigenvalue weighted by Crippen LogP contribution is -2.07. The van der Waals surface area contributed by atoms with Crippen LogP contribution in [0.25, 0.3) is 0 Å². The van der Waals surface area contributed by atoms with E-state index < -0.39 is 0 Å². The number of nitrogens with zero attached hydrogens (tertiary/aromatic N) is 2. The molecule has 0 aliphatic rings. The molecule has 94 valence electrons. The molecular formula is C12H13N3O2S. The second-order valence-electron chi connectivity index (χ2n) is 3.47. The standard InChI is InChI=1S/C12H13N3O2S/c1-2-17-11(16)7-9-8-18-12(14-9)15-10-5-3-4-6-13-10/h3-6,8H,2,7H2,1H3,(H,13,14,15). The van der Waals surface area contributed by atoms with Crippen LogP contribution in [0.1, 0.15) is 12.6 Å². The Morgan fingerprint density at radius 3 is 3.11 bits per heavy atom. The minimum Gasteiger partial charge on any atom is -0.466 e. The highest BCUT2D eigenvalue weighted by Crippen LogP contribution is 2.19. The summed E-state index contributed by atoms with van der Waals surface area (Å²) in [7, 11) is 0. The second-order valence-corrected chi connectivity index (χ2v) is 4.32. The first-order valence-corrected chi connectivity index (χ1v) is 6.44. The van der Waals surface area contributed by atoms with Crippen molar-refractivity contribution < 1.29 is 9.53 Å². The van der Waals surface area contributed by atoms with Crippen molar-refractivity contribution in [2.75, 3.05) is 11.9 Å². The van der Waals surface area contributed by atoms with E-state index in [9.17, 15) is 4.79 Å². The number of anilines is 2. The summed E-state index contributed by atoms with van der Waals surface area (Å²) in [6, 6.07) is 5.59. The topological polar surface area (TPSA) is 64.1 Å². The van der Waals surface area contributed by atoms with Crippen LogP contribution in [-0.4, -0.2) is 22.5 Å². The Hall–Kier alpha value is -1.95. The molecule has 2 aromatic heterocycles. The lowest BCUT2D eigenvalue weighted by Gasteiger charge is -2.00. The van der Waals surface area contributed by atoms with Crippen molar-refractivity contribution in [1.82, 2.24) is 9.97 Å². The van der Waals surface area contributed by atoms with Crippen molar-refractivity contribution in [3.63, 3.8) is 0 Å². The number of pyridine rings is 1. The highest BCUT2D eigenvalue weighted by atomic mass is 32.1. The van der Waals surface area contributed by atoms with E-state index in [0.29, 0.717) is 17.4 Å². The lowest BCUT2D eigenvalue weighted by molar-refractivity contribution is -0.142. The molecule has 2 aromatic rings. The third kappa shape index (κ3) is 3.53. The van der Waals surface area contributed by atoms with Crippen molar-refractivity contribution in [2.45, 2.75) is 13.3 Å². The number of carbonyl (C=O) groups excluding carboxylic acids is 1. The molecule has 0 aliphatic carbocycles. The molecule has 0 atom stereocenters. The maximum Gasteiger partial charge on any atom is 0.311 e. The maximum absolute atomic E-state index is 11.3. The Kier molecular flexibility index (Phi) is 4.25. The number of thiazole rings is 1. The van der Waals surface area contributed by atoms with E-state index in [2.05, 4.69) is 15.3 Å². The number of esters is 1. The van der Waals surface area contributed by atoms with Gasteiger partial charge in [0.15, 0.2) is 5.13 Å². The van der Waals surface area contributed by atoms with E-state index in [1.807, 2.05) is 23.6 Å². The SMILES string of the molecule is CCOC(=O)Cc1csc(Nc2ccccn2)n1. The summed E-state index contributed by atoms with van der Waals surface area (Å²) in [6.45, 7) is 2.18. The average Bonchev–Trinajstić information content (AvgIpc) is 2.78. The lowest BCUT2D eigenvalue weighted by atomic mass is 10.3. The Labute approximate surface area is 109 Å². The largest absolute Gasteiger partial charge is 0.466 e. The molecule has 0 spiro atoms. The molecule has 2 heterocycles. The van der Waals surface area contributed by atoms with Gasteiger partial charge < -0.3 is 10.1 Å². The predicted molar refractivity (Wildman–Crippen MR) is 70.0 cm³/mol. The molecule has 2 rings (SSSR count). The quantitative estimate of drug-likeness (QED) is 0.839. The van der Waals surface area contributed by atoms with Crippen LogP contribution >= 0.6 is 11.3 Å². The van der Waals surface area contributed by atoms with Gasteiger partial charge in [-0.3, -0.25) is 4.79 Å². The first kappa shape index (κ1) is 12.5. The third-order valence-electron chi connectivity index (χ3n) is 2.08. The van der Waals surface area contributed by atoms with Gasteiger partial charge in [-0.2, -0.15) is 0 Å². The Bertz CT molecular complexity index is 513. The second kappa shape index (κ2) is 6.11. The number of nitrogens with one attached hydrogen (secondary N) is 1. The van der Waals surface area contributed by atoms with Crippen LogP contribution in [0.15, 0.2) is 29.8 Å². The summed E-state index contributed by atoms with van der Waals surface area (Å²) in [5.74, 6) is 0.474. The molecule has 0 saturated heterocycles. The van der Waals surface area contributed by atoms with Crippen molar-refractivity contribution in [3.05, 3.63) is 35.5 Å². The molecule has 0 aromatic carbocycles. The molecular weight excluding hydrogens is 250 g/mol. The smallest absolute Gasteiger partial charge is 0.311 e. The van der Waals surface area contributed by atoms with Gasteiger partial charge in [0, 0.05) is 11.6 Å². The predicted octanol–water partition coefficient (Wildman–Crippen LogP) is 2.39. The first-order valence-electron chi connectivity index (χ1n) is 5.56. The summed E-state index contributed by atoms with van der Waals surface area (Å²) in [6.07, 6.45) is 1.91. The molecule has 0 bridgehead atoms. The number of carbonyl (C=O) groups is 1. The van der Waals surface area contributed by atoms with E-state index >= 15 is 0 Å². The molecule has 0 fully saturated rings. The Morgan fingerprint density at radius 2 is 2.39 bits per heavy atom. The molecule has 0 saturated carbocycles. The van der Waals surface area contributed by atoms with Crippen LogP contribution in [0.3, 0.4) is 0 Å². The van der Waals surface area contributed by atoms with Crippen LogP contribution in [0.4, 0.5) is 10.9 Å². The Balaban J connectivity index is 1.96. The van der Waals surface area contributed by atoms with Gasteiger partial charge in [-0.05, 0) is 19.1 Å². The fourth-order valence-electron chi connectivity index (χ4n) is 1.35. The van der Waals surface area contributed by atoms with Gasteiger partial charge in [0.25, 0.3) is 0 Å². The minimum atomic E-state index is -0.257. The van der Waals surface area contributed by atoms with Crippen LogP contribution in [0.2, 0.25) is 0 Å². The highest BCUT2D eigenvalue weighted by Gasteiger charge is 2.08. The van der Waals surface area contributed by atoms with Gasteiger partial charge >= 0.3 is 5.97 Å². The Morgan fingerprint density at radius 1 is 1.50 bits per heavy atom. The average molecular weight is 263 g/mol. The number of hydrogen-bond acceptors (Lipinski definition) is 6. The van der Waals surface area contributed by atoms with E-state index in [1.54, 1.807) is 13.1 Å². The third-order valence-corrected chi connectivity index (χ3v) is 2.89. The summed E-state index contributed by atoms with van der Waals surface area (Å²) in [5, 5.41) is 5.62. The van der Waals surface area contributed by atoms with Gasteiger partial charge in [0.1, 0.15) is 5.82 Å². The zero-order chi connectivity index (χ0) is 12.8. The molecule has 0 unspecified atom stereocenters. The van der Waals surface area contributed by atoms with E-state index in [0.717, 1.165) is 5.82 Å². The fraction of sp³-hybridized carbons (Fsp3) is 0.250. The van der Waals surface area contributed by atoms with Crippen LogP contribution in [-0.2, 0) is 16.0 Å². The molecule has 0 radical (unpaired) electrons. The van der Waals surface area contributed by atoms with Crippen molar-refractivity contribution >= 4 is 28.3 Å². The summed E-state index contributed by atoms with van der Waals surface area (Å²) >= 11 is 1.43. The summed E-state index contributed by atoms with van der Waals surface area (Å²) in [4.78, 5) is 19.7. The normalized spacial score (nSPS) is 10.1. The van der Waals surface area contributed by atoms with Gasteiger partial charge in [0.2, 0.25) is 0 Å². The van der Waals surface area contributed by atoms with Crippen molar-refractivity contribution in [1.29, 1.82) is 0 Å². The van der Waals surface area contributed by atoms with Crippen LogP contribution < -0.4 is 5.32 Å². The zero-order valence-electron chi connectivity index (χ0n) is 9.92. The first-order chi connectivity index (χ1) is 8.78. The zero-order valence-corrected chi connectivity index (χ0v) is 10.7. The molecule has 18 heavy (non-hydrogen) atoms. The molecule has 5 nitrogen and oxygen atoms in total. The monoisotopic (exact) mass is 263 g/mol. The molecule has 0 amide bonds. The number of hydrogen-bond donors (Lipinski definition) is 1. The van der Waals surface area contributed by atoms with Gasteiger partial charge in [0.05, 0.1) is 18.7 Å². The number of aromatic nitrogens is 2. The van der Waals surface area contributed by atoms with Gasteiger partial charge in [-0.25, -0.2) is 9.97 Å². The van der Waals surface area contributed by atoms with Gasteiger partial charge in [-0.1, -0.05) is 6.07 Å². The maximum atomic E-state index is 11.3. The molecule has 1 N–H and O–H groups in total. The van der Waals surface area contributed by atoms with Crippen molar-refractivity contribution in [2.24, 2.45) is 0 Å². The minimum absolute atomic E-state index is 0.203. The van der Waals surface area contributed by atoms with E-state index in [4.69, 9.17) is 4.74 Å².